The van der Waals surface area contributed by atoms with Crippen LogP contribution in [0.2, 0.25) is 15.1 Å². The Morgan fingerprint density at radius 2 is 1.83 bits per heavy atom. The van der Waals surface area contributed by atoms with Gasteiger partial charge in [-0.2, -0.15) is 0 Å². The number of rotatable bonds is 2. The SMILES string of the molecule is O=c1oc2c(c(O)c1Sc1cc(Cl)c(Cl)cc1Cl)c(=O)n1c3c(cccc23)CCC1. The number of nitrogens with zero attached hydrogens (tertiary/aromatic N) is 1. The van der Waals surface area contributed by atoms with Crippen molar-refractivity contribution < 1.29 is 9.52 Å². The van der Waals surface area contributed by atoms with Gasteiger partial charge in [-0.25, -0.2) is 4.79 Å². The zero-order chi connectivity index (χ0) is 21.2. The van der Waals surface area contributed by atoms with Crippen molar-refractivity contribution in [2.24, 2.45) is 0 Å². The van der Waals surface area contributed by atoms with Crippen molar-refractivity contribution in [2.45, 2.75) is 29.2 Å². The van der Waals surface area contributed by atoms with E-state index in [1.807, 2.05) is 12.1 Å². The minimum absolute atomic E-state index is 0.0279. The van der Waals surface area contributed by atoms with Gasteiger partial charge in [-0.15, -0.1) is 0 Å². The monoisotopic (exact) mass is 479 g/mol. The summed E-state index contributed by atoms with van der Waals surface area (Å²) in [6.07, 6.45) is 1.65. The van der Waals surface area contributed by atoms with E-state index in [1.54, 1.807) is 10.6 Å². The maximum atomic E-state index is 13.2. The van der Waals surface area contributed by atoms with Gasteiger partial charge in [0.25, 0.3) is 5.56 Å². The number of para-hydroxylation sites is 1. The summed E-state index contributed by atoms with van der Waals surface area (Å²) in [6, 6.07) is 8.53. The number of aromatic hydroxyl groups is 1. The van der Waals surface area contributed by atoms with Crippen molar-refractivity contribution in [2.75, 3.05) is 0 Å². The van der Waals surface area contributed by atoms with E-state index >= 15 is 0 Å². The number of hydrogen-bond donors (Lipinski definition) is 1. The lowest BCUT2D eigenvalue weighted by molar-refractivity contribution is 0.446. The van der Waals surface area contributed by atoms with Gasteiger partial charge in [0.2, 0.25) is 0 Å². The van der Waals surface area contributed by atoms with Crippen LogP contribution < -0.4 is 11.2 Å². The van der Waals surface area contributed by atoms with E-state index in [0.717, 1.165) is 35.7 Å². The molecule has 0 unspecified atom stereocenters. The molecule has 0 bridgehead atoms. The first-order valence-electron chi connectivity index (χ1n) is 9.03. The minimum Gasteiger partial charge on any atom is -0.505 e. The van der Waals surface area contributed by atoms with Crippen LogP contribution in [0.25, 0.3) is 21.9 Å². The first kappa shape index (κ1) is 19.8. The highest BCUT2D eigenvalue weighted by Gasteiger charge is 2.25. The van der Waals surface area contributed by atoms with E-state index in [9.17, 15) is 14.7 Å². The highest BCUT2D eigenvalue weighted by molar-refractivity contribution is 7.99. The Kier molecular flexibility index (Phi) is 4.78. The fraction of sp³-hybridized carbons (Fsp3) is 0.143. The molecule has 0 aliphatic carbocycles. The first-order valence-corrected chi connectivity index (χ1v) is 11.0. The Labute approximate surface area is 188 Å². The van der Waals surface area contributed by atoms with E-state index in [2.05, 4.69) is 0 Å². The van der Waals surface area contributed by atoms with Crippen LogP contribution >= 0.6 is 46.6 Å². The second kappa shape index (κ2) is 7.24. The molecule has 0 saturated carbocycles. The number of benzene rings is 2. The van der Waals surface area contributed by atoms with Gasteiger partial charge >= 0.3 is 5.63 Å². The van der Waals surface area contributed by atoms with Gasteiger partial charge < -0.3 is 14.1 Å². The molecule has 3 heterocycles. The molecule has 5 rings (SSSR count). The molecule has 0 fully saturated rings. The van der Waals surface area contributed by atoms with E-state index in [0.29, 0.717) is 16.8 Å². The van der Waals surface area contributed by atoms with Crippen molar-refractivity contribution in [1.29, 1.82) is 0 Å². The average Bonchev–Trinajstić information content (AvgIpc) is 2.72. The molecule has 0 spiro atoms. The molecule has 2 aromatic heterocycles. The van der Waals surface area contributed by atoms with Gasteiger partial charge in [0.1, 0.15) is 10.3 Å². The molecule has 0 amide bonds. The van der Waals surface area contributed by atoms with Crippen LogP contribution in [0.5, 0.6) is 5.75 Å². The lowest BCUT2D eigenvalue weighted by Gasteiger charge is -2.20. The molecule has 0 saturated heterocycles. The Morgan fingerprint density at radius 1 is 1.07 bits per heavy atom. The molecule has 5 nitrogen and oxygen atoms in total. The molecule has 0 radical (unpaired) electrons. The van der Waals surface area contributed by atoms with Crippen molar-refractivity contribution >= 4 is 68.4 Å². The van der Waals surface area contributed by atoms with Crippen LogP contribution in [0.4, 0.5) is 0 Å². The molecule has 1 aliphatic rings. The molecule has 1 aliphatic heterocycles. The van der Waals surface area contributed by atoms with Crippen LogP contribution in [0, 0.1) is 0 Å². The molecule has 9 heteroatoms. The summed E-state index contributed by atoms with van der Waals surface area (Å²) >= 11 is 19.1. The van der Waals surface area contributed by atoms with Crippen LogP contribution in [0.3, 0.4) is 0 Å². The molecular weight excluding hydrogens is 469 g/mol. The lowest BCUT2D eigenvalue weighted by Crippen LogP contribution is -2.25. The van der Waals surface area contributed by atoms with Gasteiger partial charge in [0.05, 0.1) is 20.6 Å². The third-order valence-corrected chi connectivity index (χ3v) is 7.44. The van der Waals surface area contributed by atoms with Crippen molar-refractivity contribution in [3.05, 3.63) is 71.7 Å². The number of fused-ring (bicyclic) bond motifs is 2. The number of aromatic nitrogens is 1. The summed E-state index contributed by atoms with van der Waals surface area (Å²) in [4.78, 5) is 26.3. The minimum atomic E-state index is -0.770. The number of pyridine rings is 1. The molecule has 0 atom stereocenters. The predicted molar refractivity (Wildman–Crippen MR) is 120 cm³/mol. The average molecular weight is 481 g/mol. The zero-order valence-corrected chi connectivity index (χ0v) is 18.3. The third kappa shape index (κ3) is 2.94. The van der Waals surface area contributed by atoms with E-state index in [1.165, 1.54) is 12.1 Å². The summed E-state index contributed by atoms with van der Waals surface area (Å²) in [6.45, 7) is 0.530. The highest BCUT2D eigenvalue weighted by Crippen LogP contribution is 2.42. The number of hydrogen-bond acceptors (Lipinski definition) is 5. The van der Waals surface area contributed by atoms with Gasteiger partial charge in [-0.05, 0) is 36.6 Å². The highest BCUT2D eigenvalue weighted by atomic mass is 35.5. The van der Waals surface area contributed by atoms with Crippen LogP contribution in [0.15, 0.2) is 54.1 Å². The van der Waals surface area contributed by atoms with E-state index in [4.69, 9.17) is 39.2 Å². The Balaban J connectivity index is 1.82. The van der Waals surface area contributed by atoms with Gasteiger partial charge in [0.15, 0.2) is 11.3 Å². The molecule has 2 aromatic carbocycles. The largest absolute Gasteiger partial charge is 0.505 e. The van der Waals surface area contributed by atoms with Gasteiger partial charge in [0, 0.05) is 16.8 Å². The van der Waals surface area contributed by atoms with Crippen molar-refractivity contribution in [3.63, 3.8) is 0 Å². The summed E-state index contributed by atoms with van der Waals surface area (Å²) in [5, 5.41) is 12.3. The van der Waals surface area contributed by atoms with Crippen LogP contribution in [-0.2, 0) is 13.0 Å². The fourth-order valence-corrected chi connectivity index (χ4v) is 5.45. The van der Waals surface area contributed by atoms with Gasteiger partial charge in [-0.3, -0.25) is 4.79 Å². The van der Waals surface area contributed by atoms with Crippen LogP contribution in [0.1, 0.15) is 12.0 Å². The maximum Gasteiger partial charge on any atom is 0.354 e. The summed E-state index contributed by atoms with van der Waals surface area (Å²) < 4.78 is 7.20. The van der Waals surface area contributed by atoms with E-state index < -0.39 is 16.9 Å². The quantitative estimate of drug-likeness (QED) is 0.287. The Hall–Kier alpha value is -2.12. The van der Waals surface area contributed by atoms with Gasteiger partial charge in [-0.1, -0.05) is 58.7 Å². The lowest BCUT2D eigenvalue weighted by atomic mass is 10.00. The molecule has 152 valence electrons. The summed E-state index contributed by atoms with van der Waals surface area (Å²) in [7, 11) is 0. The standard InChI is InChI=1S/C21H12Cl3NO4S/c22-11-7-13(24)14(8-12(11)23)30-19-17(26)15-18(29-21(19)28)10-5-1-3-9-4-2-6-25(16(9)10)20(15)27/h1,3,5,7-8,26H,2,4,6H2. The Bertz CT molecular complexity index is 1490. The second-order valence-electron chi connectivity index (χ2n) is 6.94. The van der Waals surface area contributed by atoms with Crippen LogP contribution in [-0.4, -0.2) is 9.67 Å². The molecule has 30 heavy (non-hydrogen) atoms. The normalized spacial score (nSPS) is 13.3. The Morgan fingerprint density at radius 3 is 2.63 bits per heavy atom. The topological polar surface area (TPSA) is 72.4 Å². The predicted octanol–water partition coefficient (Wildman–Crippen LogP) is 5.87. The third-order valence-electron chi connectivity index (χ3n) is 5.17. The van der Waals surface area contributed by atoms with Crippen molar-refractivity contribution in [1.82, 2.24) is 4.57 Å². The fourth-order valence-electron chi connectivity index (χ4n) is 3.85. The summed E-state index contributed by atoms with van der Waals surface area (Å²) in [5.74, 6) is -0.431. The number of halogens is 3. The smallest absolute Gasteiger partial charge is 0.354 e. The zero-order valence-electron chi connectivity index (χ0n) is 15.2. The number of aryl methyl sites for hydroxylation is 2. The molecule has 4 aromatic rings. The molecular formula is C21H12Cl3NO4S. The maximum absolute atomic E-state index is 13.2. The van der Waals surface area contributed by atoms with Crippen molar-refractivity contribution in [3.8, 4) is 5.75 Å². The van der Waals surface area contributed by atoms with E-state index in [-0.39, 0.29) is 30.9 Å². The second-order valence-corrected chi connectivity index (χ2v) is 9.22. The molecule has 1 N–H and O–H groups in total. The summed E-state index contributed by atoms with van der Waals surface area (Å²) in [5.41, 5.74) is 0.681. The first-order chi connectivity index (χ1) is 14.4.